The van der Waals surface area contributed by atoms with Gasteiger partial charge in [0.2, 0.25) is 0 Å². The van der Waals surface area contributed by atoms with Gasteiger partial charge in [0.05, 0.1) is 12.2 Å². The molecule has 3 saturated carbocycles. The highest BCUT2D eigenvalue weighted by Gasteiger charge is 2.52. The fourth-order valence-corrected chi connectivity index (χ4v) is 12.0. The summed E-state index contributed by atoms with van der Waals surface area (Å²) in [6.45, 7) is 31.3. The molecule has 1 heterocycles. The Morgan fingerprint density at radius 2 is 1.29 bits per heavy atom. The molecule has 2 spiro atoms. The zero-order valence-corrected chi connectivity index (χ0v) is 37.9. The van der Waals surface area contributed by atoms with Crippen LogP contribution in [0.4, 0.5) is 0 Å². The van der Waals surface area contributed by atoms with Crippen LogP contribution < -0.4 is 0 Å². The third kappa shape index (κ3) is 9.96. The summed E-state index contributed by atoms with van der Waals surface area (Å²) in [7, 11) is -4.73. The molecule has 1 aromatic heterocycles. The van der Waals surface area contributed by atoms with Gasteiger partial charge in [0.15, 0.2) is 22.3 Å². The Morgan fingerprint density at radius 3 is 1.78 bits per heavy atom. The van der Waals surface area contributed by atoms with Gasteiger partial charge in [-0.3, -0.25) is 4.79 Å². The zero-order valence-electron chi connectivity index (χ0n) is 34.9. The summed E-state index contributed by atoms with van der Waals surface area (Å²) in [5, 5.41) is 14.7. The number of ketones is 1. The number of carboxylic acid groups (broad SMARTS) is 1. The van der Waals surface area contributed by atoms with Crippen LogP contribution in [-0.2, 0) is 38.0 Å². The summed E-state index contributed by atoms with van der Waals surface area (Å²) >= 11 is 0. The monoisotopic (exact) mass is 762 g/mol. The van der Waals surface area contributed by atoms with Crippen LogP contribution in [0.3, 0.4) is 0 Å². The van der Waals surface area contributed by atoms with E-state index in [0.717, 1.165) is 75.1 Å². The molecule has 3 atom stereocenters. The first-order valence-corrected chi connectivity index (χ1v) is 29.6. The molecule has 0 aromatic carbocycles. The van der Waals surface area contributed by atoms with E-state index in [1.165, 1.54) is 25.7 Å². The molecule has 0 radical (unpaired) electrons. The van der Waals surface area contributed by atoms with Crippen molar-refractivity contribution in [2.75, 3.05) is 6.61 Å². The van der Waals surface area contributed by atoms with Crippen LogP contribution in [0.25, 0.3) is 0 Å². The number of fused-ring (bicyclic) bond motifs is 1. The topological polar surface area (TPSA) is 99.9 Å². The van der Waals surface area contributed by atoms with Crippen molar-refractivity contribution < 1.29 is 28.3 Å². The van der Waals surface area contributed by atoms with Crippen molar-refractivity contribution in [3.8, 4) is 0 Å². The van der Waals surface area contributed by atoms with Gasteiger partial charge < -0.3 is 18.7 Å². The number of aromatic carboxylic acids is 1. The van der Waals surface area contributed by atoms with E-state index in [-0.39, 0.29) is 27.3 Å². The number of hydrogen-bond acceptors (Lipinski definition) is 6. The lowest BCUT2D eigenvalue weighted by atomic mass is 9.70. The predicted octanol–water partition coefficient (Wildman–Crippen LogP) is 10.6. The van der Waals surface area contributed by atoms with E-state index in [9.17, 15) is 14.7 Å². The van der Waals surface area contributed by atoms with Crippen LogP contribution in [0.1, 0.15) is 134 Å². The first kappa shape index (κ1) is 42.6. The van der Waals surface area contributed by atoms with Gasteiger partial charge >= 0.3 is 5.97 Å². The Labute approximate surface area is 313 Å². The molecule has 8 nitrogen and oxygen atoms in total. The van der Waals surface area contributed by atoms with Gasteiger partial charge in [-0.1, -0.05) is 74.0 Å². The Morgan fingerprint density at radius 1 is 0.804 bits per heavy atom. The summed E-state index contributed by atoms with van der Waals surface area (Å²) in [5.41, 5.74) is 2.61. The van der Waals surface area contributed by atoms with Crippen LogP contribution in [0.5, 0.6) is 0 Å². The summed E-state index contributed by atoms with van der Waals surface area (Å²) in [4.78, 5) is 23.4. The minimum atomic E-state index is -1.88. The van der Waals surface area contributed by atoms with Gasteiger partial charge in [0.1, 0.15) is 12.5 Å². The highest BCUT2D eigenvalue weighted by molar-refractivity contribution is 6.76. The molecule has 292 valence electrons. The van der Waals surface area contributed by atoms with Crippen molar-refractivity contribution in [3.63, 3.8) is 0 Å². The first-order chi connectivity index (χ1) is 23.3. The molecule has 3 fully saturated rings. The highest BCUT2D eigenvalue weighted by Crippen LogP contribution is 2.53. The quantitative estimate of drug-likeness (QED) is 0.187. The summed E-state index contributed by atoms with van der Waals surface area (Å²) in [6.07, 6.45) is 14.2. The number of hydrogen-bond donors (Lipinski definition) is 1. The molecule has 51 heavy (non-hydrogen) atoms. The second-order valence-corrected chi connectivity index (χ2v) is 36.0. The van der Waals surface area contributed by atoms with Crippen LogP contribution in [-0.4, -0.2) is 70.2 Å². The Balaban J connectivity index is 0.000000261. The zero-order chi connectivity index (χ0) is 38.3. The molecule has 1 N–H and O–H groups in total. The maximum Gasteiger partial charge on any atom is 0.356 e. The SMILES string of the molecule is CC(C)(C)[Si](C)(C)OC1CCCC12CCC(=O)CC2.CC(C)(C)[Si](C)(C)OC1CCCC12CCc1c(C(=O)O)nn(COCC[Si](C)(C)C)c1C2. The van der Waals surface area contributed by atoms with E-state index in [2.05, 4.69) is 92.5 Å². The number of rotatable bonds is 10. The molecule has 4 aliphatic carbocycles. The van der Waals surface area contributed by atoms with Crippen molar-refractivity contribution in [3.05, 3.63) is 17.0 Å². The highest BCUT2D eigenvalue weighted by atomic mass is 28.4. The first-order valence-electron chi connectivity index (χ1n) is 20.1. The number of carbonyl (C=O) groups is 2. The summed E-state index contributed by atoms with van der Waals surface area (Å²) in [5.74, 6) is -0.470. The fraction of sp³-hybridized carbons (Fsp3) is 0.875. The van der Waals surface area contributed by atoms with Gasteiger partial charge in [-0.2, -0.15) is 5.10 Å². The van der Waals surface area contributed by atoms with Crippen LogP contribution in [0, 0.1) is 10.8 Å². The van der Waals surface area contributed by atoms with Crippen molar-refractivity contribution >= 4 is 36.5 Å². The Hall–Kier alpha value is -1.12. The molecule has 0 bridgehead atoms. The van der Waals surface area contributed by atoms with Crippen LogP contribution >= 0.6 is 0 Å². The van der Waals surface area contributed by atoms with E-state index >= 15 is 0 Å². The third-order valence-corrected chi connectivity index (χ3v) is 24.6. The summed E-state index contributed by atoms with van der Waals surface area (Å²) < 4.78 is 21.5. The van der Waals surface area contributed by atoms with Gasteiger partial charge in [-0.25, -0.2) is 9.48 Å². The number of nitrogens with zero attached hydrogens (tertiary/aromatic N) is 2. The lowest BCUT2D eigenvalue weighted by Crippen LogP contribution is -2.49. The molecule has 0 aliphatic heterocycles. The van der Waals surface area contributed by atoms with E-state index in [1.807, 2.05) is 4.68 Å². The molecule has 0 saturated heterocycles. The van der Waals surface area contributed by atoms with Crippen molar-refractivity contribution in [2.24, 2.45) is 10.8 Å². The molecular weight excluding hydrogens is 689 g/mol. The minimum absolute atomic E-state index is 0.0917. The number of carboxylic acids is 1. The second-order valence-electron chi connectivity index (χ2n) is 20.9. The largest absolute Gasteiger partial charge is 0.476 e. The normalized spacial score (nSPS) is 25.6. The molecule has 0 amide bonds. The van der Waals surface area contributed by atoms with Crippen LogP contribution in [0.15, 0.2) is 0 Å². The van der Waals surface area contributed by atoms with E-state index in [1.54, 1.807) is 0 Å². The number of aromatic nitrogens is 2. The molecule has 11 heteroatoms. The van der Waals surface area contributed by atoms with Crippen molar-refractivity contribution in [1.29, 1.82) is 0 Å². The van der Waals surface area contributed by atoms with E-state index < -0.39 is 30.7 Å². The predicted molar refractivity (Wildman–Crippen MR) is 215 cm³/mol. The van der Waals surface area contributed by atoms with Crippen molar-refractivity contribution in [2.45, 2.75) is 206 Å². The van der Waals surface area contributed by atoms with Gasteiger partial charge in [-0.15, -0.1) is 0 Å². The Bertz CT molecular complexity index is 1380. The maximum absolute atomic E-state index is 11.9. The molecular formula is C40H74N2O6Si3. The summed E-state index contributed by atoms with van der Waals surface area (Å²) in [6, 6.07) is 1.09. The smallest absolute Gasteiger partial charge is 0.356 e. The van der Waals surface area contributed by atoms with Gasteiger partial charge in [0.25, 0.3) is 0 Å². The van der Waals surface area contributed by atoms with E-state index in [0.29, 0.717) is 30.6 Å². The number of carbonyl (C=O) groups excluding carboxylic acids is 1. The van der Waals surface area contributed by atoms with Gasteiger partial charge in [-0.05, 0) is 106 Å². The molecule has 1 aromatic rings. The average Bonchev–Trinajstić information content (AvgIpc) is 3.67. The van der Waals surface area contributed by atoms with Crippen LogP contribution in [0.2, 0.25) is 61.9 Å². The average molecular weight is 763 g/mol. The lowest BCUT2D eigenvalue weighted by Gasteiger charge is -2.45. The van der Waals surface area contributed by atoms with Crippen molar-refractivity contribution in [1.82, 2.24) is 9.78 Å². The molecule has 3 unspecified atom stereocenters. The molecule has 5 rings (SSSR count). The second kappa shape index (κ2) is 15.6. The third-order valence-electron chi connectivity index (χ3n) is 13.9. The lowest BCUT2D eigenvalue weighted by molar-refractivity contribution is -0.123. The number of ether oxygens (including phenoxy) is 1. The standard InChI is InChI=1S/C24H44N2O4Si2.C16H30O2Si/c1-23(2,3)32(7,8)30-20-10-9-12-24(20)13-11-18-19(16-24)26(25-21(18)22(27)28)17-29-14-15-31(4,5)6;1-15(2,3)19(4,5)18-14-7-6-10-16(14)11-8-13(17)9-12-16/h20H,9-17H2,1-8H3,(H,27,28);14H,6-12H2,1-5H3. The van der Waals surface area contributed by atoms with Gasteiger partial charge in [0, 0.05) is 44.2 Å². The molecule has 4 aliphatic rings. The number of Topliss-reactive ketones (excluding diaryl/α,β-unsaturated/α-hetero) is 1. The maximum atomic E-state index is 11.9. The minimum Gasteiger partial charge on any atom is -0.476 e. The van der Waals surface area contributed by atoms with E-state index in [4.69, 9.17) is 13.6 Å². The Kier molecular flexibility index (Phi) is 13.0. The fourth-order valence-electron chi connectivity index (χ4n) is 8.33.